The predicted octanol–water partition coefficient (Wildman–Crippen LogP) is 0.767. The fourth-order valence-corrected chi connectivity index (χ4v) is 2.22. The average Bonchev–Trinajstić information content (AvgIpc) is 2.50. The van der Waals surface area contributed by atoms with Crippen LogP contribution in [0.2, 0.25) is 0 Å². The van der Waals surface area contributed by atoms with Crippen LogP contribution >= 0.6 is 0 Å². The average molecular weight is 209 g/mol. The van der Waals surface area contributed by atoms with Gasteiger partial charge in [0.25, 0.3) is 0 Å². The van der Waals surface area contributed by atoms with E-state index in [4.69, 9.17) is 0 Å². The Labute approximate surface area is 90.5 Å². The number of hydrogen-bond acceptors (Lipinski definition) is 3. The number of likely N-dealkylation sites (tertiary alicyclic amines) is 1. The minimum Gasteiger partial charge on any atom is -0.389 e. The number of rotatable bonds is 2. The first-order chi connectivity index (χ1) is 7.07. The van der Waals surface area contributed by atoms with Gasteiger partial charge in [0.2, 0.25) is 0 Å². The van der Waals surface area contributed by atoms with Gasteiger partial charge in [-0.05, 0) is 26.3 Å². The van der Waals surface area contributed by atoms with Crippen molar-refractivity contribution in [3.63, 3.8) is 0 Å². The summed E-state index contributed by atoms with van der Waals surface area (Å²) in [5, 5.41) is 9.98. The van der Waals surface area contributed by atoms with E-state index < -0.39 is 5.60 Å². The second-order valence-electron chi connectivity index (χ2n) is 4.81. The topological polar surface area (TPSA) is 41.3 Å². The summed E-state index contributed by atoms with van der Waals surface area (Å²) < 4.78 is 2.03. The van der Waals surface area contributed by atoms with Crippen LogP contribution in [0.5, 0.6) is 0 Å². The van der Waals surface area contributed by atoms with Crippen LogP contribution in [0.3, 0.4) is 0 Å². The van der Waals surface area contributed by atoms with Crippen LogP contribution in [-0.2, 0) is 13.6 Å². The molecule has 0 spiro atoms. The quantitative estimate of drug-likeness (QED) is 0.782. The summed E-state index contributed by atoms with van der Waals surface area (Å²) in [6.45, 7) is 4.63. The third-order valence-corrected chi connectivity index (χ3v) is 3.06. The number of piperidine rings is 1. The summed E-state index contributed by atoms with van der Waals surface area (Å²) in [5.41, 5.74) is 0.685. The number of aromatic nitrogens is 2. The number of imidazole rings is 1. The van der Waals surface area contributed by atoms with Crippen molar-refractivity contribution in [1.82, 2.24) is 14.5 Å². The minimum atomic E-state index is -0.517. The van der Waals surface area contributed by atoms with Crippen molar-refractivity contribution in [3.8, 4) is 0 Å². The van der Waals surface area contributed by atoms with E-state index in [1.165, 1.54) is 5.69 Å². The zero-order valence-corrected chi connectivity index (χ0v) is 9.48. The lowest BCUT2D eigenvalue weighted by atomic mass is 9.95. The molecule has 1 unspecified atom stereocenters. The molecule has 0 aliphatic carbocycles. The molecule has 0 saturated carbocycles. The van der Waals surface area contributed by atoms with E-state index in [1.54, 1.807) is 0 Å². The van der Waals surface area contributed by atoms with E-state index in [2.05, 4.69) is 9.88 Å². The van der Waals surface area contributed by atoms with Gasteiger partial charge in [-0.2, -0.15) is 0 Å². The first kappa shape index (κ1) is 10.6. The van der Waals surface area contributed by atoms with E-state index in [0.29, 0.717) is 0 Å². The Balaban J connectivity index is 1.98. The van der Waals surface area contributed by atoms with Crippen LogP contribution in [0.25, 0.3) is 0 Å². The molecule has 4 nitrogen and oxygen atoms in total. The third kappa shape index (κ3) is 2.58. The molecule has 0 amide bonds. The molecule has 1 fully saturated rings. The summed E-state index contributed by atoms with van der Waals surface area (Å²) in [4.78, 5) is 6.39. The molecule has 1 saturated heterocycles. The van der Waals surface area contributed by atoms with E-state index in [0.717, 1.165) is 32.5 Å². The van der Waals surface area contributed by atoms with Crippen molar-refractivity contribution < 1.29 is 5.11 Å². The zero-order chi connectivity index (χ0) is 10.9. The molecule has 0 aromatic carbocycles. The normalized spacial score (nSPS) is 28.2. The number of hydrogen-bond donors (Lipinski definition) is 1. The van der Waals surface area contributed by atoms with E-state index >= 15 is 0 Å². The van der Waals surface area contributed by atoms with Crippen LogP contribution < -0.4 is 0 Å². The highest BCUT2D eigenvalue weighted by molar-refractivity contribution is 4.98. The summed E-state index contributed by atoms with van der Waals surface area (Å²) in [7, 11) is 2.00. The molecule has 2 rings (SSSR count). The molecule has 4 heteroatoms. The van der Waals surface area contributed by atoms with Crippen molar-refractivity contribution in [2.24, 2.45) is 7.05 Å². The fourth-order valence-electron chi connectivity index (χ4n) is 2.22. The highest BCUT2D eigenvalue weighted by Crippen LogP contribution is 2.21. The van der Waals surface area contributed by atoms with Crippen molar-refractivity contribution in [2.45, 2.75) is 31.9 Å². The molecule has 15 heavy (non-hydrogen) atoms. The summed E-state index contributed by atoms with van der Waals surface area (Å²) in [5.74, 6) is 0. The van der Waals surface area contributed by atoms with Gasteiger partial charge in [-0.1, -0.05) is 0 Å². The van der Waals surface area contributed by atoms with Gasteiger partial charge in [-0.15, -0.1) is 0 Å². The number of nitrogens with zero attached hydrogens (tertiary/aromatic N) is 3. The summed E-state index contributed by atoms with van der Waals surface area (Å²) in [6.07, 6.45) is 5.69. The Morgan fingerprint density at radius 2 is 2.40 bits per heavy atom. The summed E-state index contributed by atoms with van der Waals surface area (Å²) >= 11 is 0. The van der Waals surface area contributed by atoms with Gasteiger partial charge >= 0.3 is 0 Å². The lowest BCUT2D eigenvalue weighted by Gasteiger charge is -2.36. The largest absolute Gasteiger partial charge is 0.389 e. The van der Waals surface area contributed by atoms with Crippen LogP contribution in [0, 0.1) is 0 Å². The minimum absolute atomic E-state index is 0.517. The molecule has 2 heterocycles. The standard InChI is InChI=1S/C11H19N3O/c1-11(15)4-3-5-14(8-11)7-10-6-12-9-13(10)2/h6,9,15H,3-5,7-8H2,1-2H3. The van der Waals surface area contributed by atoms with E-state index in [-0.39, 0.29) is 0 Å². The van der Waals surface area contributed by atoms with Crippen molar-refractivity contribution in [2.75, 3.05) is 13.1 Å². The number of β-amino-alcohol motifs (C(OH)–C–C–N with tert-alkyl or cyclic N) is 1. The second kappa shape index (κ2) is 3.94. The molecular weight excluding hydrogens is 190 g/mol. The molecule has 0 radical (unpaired) electrons. The van der Waals surface area contributed by atoms with Crippen molar-refractivity contribution in [3.05, 3.63) is 18.2 Å². The zero-order valence-electron chi connectivity index (χ0n) is 9.48. The Bertz CT molecular complexity index is 332. The van der Waals surface area contributed by atoms with Crippen LogP contribution in [0.1, 0.15) is 25.5 Å². The first-order valence-electron chi connectivity index (χ1n) is 5.47. The molecule has 1 aromatic rings. The van der Waals surface area contributed by atoms with E-state index in [9.17, 15) is 5.11 Å². The fraction of sp³-hybridized carbons (Fsp3) is 0.727. The SMILES string of the molecule is Cn1cncc1CN1CCCC(C)(O)C1. The Morgan fingerprint density at radius 3 is 3.00 bits per heavy atom. The maximum atomic E-state index is 9.98. The van der Waals surface area contributed by atoms with Crippen LogP contribution in [-0.4, -0.2) is 38.2 Å². The maximum absolute atomic E-state index is 9.98. The molecule has 1 N–H and O–H groups in total. The lowest BCUT2D eigenvalue weighted by molar-refractivity contribution is -0.0187. The third-order valence-electron chi connectivity index (χ3n) is 3.06. The highest BCUT2D eigenvalue weighted by atomic mass is 16.3. The molecule has 1 aliphatic heterocycles. The Morgan fingerprint density at radius 1 is 1.60 bits per heavy atom. The smallest absolute Gasteiger partial charge is 0.0945 e. The van der Waals surface area contributed by atoms with Crippen molar-refractivity contribution in [1.29, 1.82) is 0 Å². The van der Waals surface area contributed by atoms with E-state index in [1.807, 2.05) is 31.1 Å². The van der Waals surface area contributed by atoms with Crippen molar-refractivity contribution >= 4 is 0 Å². The van der Waals surface area contributed by atoms with Crippen LogP contribution in [0.4, 0.5) is 0 Å². The van der Waals surface area contributed by atoms with Gasteiger partial charge in [0.15, 0.2) is 0 Å². The monoisotopic (exact) mass is 209 g/mol. The summed E-state index contributed by atoms with van der Waals surface area (Å²) in [6, 6.07) is 0. The van der Waals surface area contributed by atoms with Gasteiger partial charge in [0, 0.05) is 26.3 Å². The maximum Gasteiger partial charge on any atom is 0.0945 e. The molecule has 1 aromatic heterocycles. The Hall–Kier alpha value is -0.870. The first-order valence-corrected chi connectivity index (χ1v) is 5.47. The van der Waals surface area contributed by atoms with Crippen LogP contribution in [0.15, 0.2) is 12.5 Å². The van der Waals surface area contributed by atoms with Gasteiger partial charge < -0.3 is 9.67 Å². The predicted molar refractivity (Wildman–Crippen MR) is 58.3 cm³/mol. The molecular formula is C11H19N3O. The van der Waals surface area contributed by atoms with Gasteiger partial charge in [0.05, 0.1) is 17.6 Å². The van der Waals surface area contributed by atoms with Gasteiger partial charge in [-0.3, -0.25) is 4.90 Å². The lowest BCUT2D eigenvalue weighted by Crippen LogP contribution is -2.45. The molecule has 84 valence electrons. The highest BCUT2D eigenvalue weighted by Gasteiger charge is 2.28. The molecule has 0 bridgehead atoms. The number of aliphatic hydroxyl groups is 1. The van der Waals surface area contributed by atoms with Gasteiger partial charge in [0.1, 0.15) is 0 Å². The molecule has 1 aliphatic rings. The molecule has 1 atom stereocenters. The number of aryl methyl sites for hydroxylation is 1. The van der Waals surface area contributed by atoms with Gasteiger partial charge in [-0.25, -0.2) is 4.98 Å². The second-order valence-corrected chi connectivity index (χ2v) is 4.81. The Kier molecular flexibility index (Phi) is 2.80.